The average Bonchev–Trinajstić information content (AvgIpc) is 2.74. The molecule has 0 bridgehead atoms. The van der Waals surface area contributed by atoms with Gasteiger partial charge in [0.1, 0.15) is 10.5 Å². The molecule has 0 saturated heterocycles. The van der Waals surface area contributed by atoms with Gasteiger partial charge in [-0.05, 0) is 43.7 Å². The van der Waals surface area contributed by atoms with Crippen molar-refractivity contribution in [1.82, 2.24) is 15.2 Å². The van der Waals surface area contributed by atoms with Crippen LogP contribution in [0.25, 0.3) is 0 Å². The molecule has 16 heteroatoms. The highest BCUT2D eigenvalue weighted by Gasteiger charge is 2.38. The molecule has 0 radical (unpaired) electrons. The van der Waals surface area contributed by atoms with Gasteiger partial charge in [-0.1, -0.05) is 6.07 Å². The molecule has 10 nitrogen and oxygen atoms in total. The molecule has 0 aliphatic carbocycles. The summed E-state index contributed by atoms with van der Waals surface area (Å²) in [6.07, 6.45) is -3.08. The topological polar surface area (TPSA) is 152 Å². The van der Waals surface area contributed by atoms with Crippen LogP contribution in [0.3, 0.4) is 0 Å². The van der Waals surface area contributed by atoms with Crippen molar-refractivity contribution in [1.29, 1.82) is 4.78 Å². The van der Waals surface area contributed by atoms with Gasteiger partial charge >= 0.3 is 6.18 Å². The second-order valence-electron chi connectivity index (χ2n) is 7.95. The Labute approximate surface area is 209 Å². The molecule has 1 unspecified atom stereocenters. The second-order valence-corrected chi connectivity index (χ2v) is 12.1. The first-order chi connectivity index (χ1) is 16.9. The smallest absolute Gasteiger partial charge is 0.418 e. The number of hydrogen-bond acceptors (Lipinski definition) is 9. The van der Waals surface area contributed by atoms with Crippen LogP contribution in [0.4, 0.5) is 23.2 Å². The van der Waals surface area contributed by atoms with Crippen LogP contribution in [0.5, 0.6) is 11.8 Å². The molecule has 0 saturated carbocycles. The fraction of sp³-hybridized carbons (Fsp3) is 0.238. The molecule has 198 valence electrons. The van der Waals surface area contributed by atoms with E-state index in [1.807, 2.05) is 0 Å². The third-order valence-electron chi connectivity index (χ3n) is 4.90. The quantitative estimate of drug-likeness (QED) is 0.337. The Kier molecular flexibility index (Phi) is 7.29. The fourth-order valence-corrected chi connectivity index (χ4v) is 4.55. The van der Waals surface area contributed by atoms with Gasteiger partial charge in [0.25, 0.3) is 11.8 Å². The number of halogens is 4. The van der Waals surface area contributed by atoms with E-state index in [1.165, 1.54) is 31.2 Å². The first-order valence-corrected chi connectivity index (χ1v) is 13.9. The molecule has 2 heterocycles. The maximum Gasteiger partial charge on any atom is 0.435 e. The minimum absolute atomic E-state index is 0.0119. The Hall–Kier alpha value is -3.66. The number of nitrogens with one attached hydrogen (secondary N) is 2. The molecule has 2 aromatic heterocycles. The minimum atomic E-state index is -4.99. The minimum Gasteiger partial charge on any atom is -0.418 e. The maximum absolute atomic E-state index is 14.3. The summed E-state index contributed by atoms with van der Waals surface area (Å²) in [5.74, 6) is -3.89. The third-order valence-corrected chi connectivity index (χ3v) is 7.14. The van der Waals surface area contributed by atoms with Crippen LogP contribution >= 0.6 is 0 Å². The lowest BCUT2D eigenvalue weighted by Gasteiger charge is -2.16. The number of rotatable bonds is 6. The Morgan fingerprint density at radius 3 is 2.27 bits per heavy atom. The van der Waals surface area contributed by atoms with Gasteiger partial charge in [0.05, 0.1) is 9.73 Å². The van der Waals surface area contributed by atoms with Crippen LogP contribution in [-0.4, -0.2) is 46.2 Å². The van der Waals surface area contributed by atoms with Crippen LogP contribution in [0, 0.1) is 24.6 Å². The van der Waals surface area contributed by atoms with E-state index in [0.717, 1.165) is 25.5 Å². The largest absolute Gasteiger partial charge is 0.435 e. The van der Waals surface area contributed by atoms with Crippen LogP contribution in [0.1, 0.15) is 27.2 Å². The Bertz CT molecular complexity index is 1620. The van der Waals surface area contributed by atoms with Crippen LogP contribution in [0.15, 0.2) is 40.1 Å². The zero-order chi connectivity index (χ0) is 27.9. The van der Waals surface area contributed by atoms with Gasteiger partial charge in [0.2, 0.25) is 11.8 Å². The Morgan fingerprint density at radius 1 is 1.05 bits per heavy atom. The lowest BCUT2D eigenvalue weighted by molar-refractivity contribution is -0.142. The van der Waals surface area contributed by atoms with Crippen LogP contribution in [-0.2, 0) is 25.7 Å². The van der Waals surface area contributed by atoms with Crippen molar-refractivity contribution in [3.05, 3.63) is 58.7 Å². The number of pyridine rings is 1. The lowest BCUT2D eigenvalue weighted by Crippen LogP contribution is -2.21. The summed E-state index contributed by atoms with van der Waals surface area (Å²) in [6, 6.07) is 6.24. The molecular formula is C21H19F4N5O5S2. The summed E-state index contributed by atoms with van der Waals surface area (Å²) in [6.45, 7) is 2.25. The number of carbonyl (C=O) groups excluding carboxylic acids is 1. The molecule has 3 rings (SSSR count). The van der Waals surface area contributed by atoms with Gasteiger partial charge in [-0.15, -0.1) is 10.2 Å². The normalized spacial score (nSPS) is 13.6. The summed E-state index contributed by atoms with van der Waals surface area (Å²) >= 11 is 0. The summed E-state index contributed by atoms with van der Waals surface area (Å²) in [5.41, 5.74) is -2.88. The van der Waals surface area contributed by atoms with E-state index in [0.29, 0.717) is 0 Å². The molecular weight excluding hydrogens is 542 g/mol. The Morgan fingerprint density at radius 2 is 1.70 bits per heavy atom. The molecule has 2 N–H and O–H groups in total. The summed E-state index contributed by atoms with van der Waals surface area (Å²) in [7, 11) is -7.15. The molecule has 1 aromatic carbocycles. The van der Waals surface area contributed by atoms with Crippen LogP contribution < -0.4 is 10.1 Å². The molecule has 0 aliphatic heterocycles. The summed E-state index contributed by atoms with van der Waals surface area (Å²) < 4.78 is 103. The molecule has 1 atom stereocenters. The van der Waals surface area contributed by atoms with Gasteiger partial charge in [-0.3, -0.25) is 4.79 Å². The number of benzene rings is 1. The van der Waals surface area contributed by atoms with E-state index in [-0.39, 0.29) is 16.1 Å². The molecule has 0 aliphatic rings. The van der Waals surface area contributed by atoms with Crippen molar-refractivity contribution in [2.24, 2.45) is 0 Å². The number of anilines is 1. The number of alkyl halides is 3. The van der Waals surface area contributed by atoms with Gasteiger partial charge in [-0.25, -0.2) is 17.4 Å². The average molecular weight is 562 g/mol. The standard InChI is InChI=1S/C21H19F4N5O5S2/c1-10-8-14(37(4,33)34)17(22)28-19(10)35-20-15(11(2)16(29-30-20)21(23,24)25)18(31)27-12-6-5-7-13(9-12)36(3,26)32/h5-9,26H,1-4H3,(H,27,31). The van der Waals surface area contributed by atoms with Gasteiger partial charge in [0.15, 0.2) is 15.5 Å². The van der Waals surface area contributed by atoms with Gasteiger partial charge in [0, 0.05) is 28.7 Å². The van der Waals surface area contributed by atoms with E-state index >= 15 is 0 Å². The number of ether oxygens (including phenoxy) is 1. The number of nitrogens with zero attached hydrogens (tertiary/aromatic N) is 3. The van der Waals surface area contributed by atoms with E-state index in [9.17, 15) is 35.0 Å². The van der Waals surface area contributed by atoms with Crippen LogP contribution in [0.2, 0.25) is 0 Å². The number of carbonyl (C=O) groups is 1. The maximum atomic E-state index is 14.3. The van der Waals surface area contributed by atoms with Crippen molar-refractivity contribution >= 4 is 31.2 Å². The van der Waals surface area contributed by atoms with E-state index in [2.05, 4.69) is 20.5 Å². The molecule has 3 aromatic rings. The zero-order valence-electron chi connectivity index (χ0n) is 19.6. The fourth-order valence-electron chi connectivity index (χ4n) is 3.12. The van der Waals surface area contributed by atoms with Crippen molar-refractivity contribution in [2.75, 3.05) is 17.8 Å². The first-order valence-electron chi connectivity index (χ1n) is 10.0. The summed E-state index contributed by atoms with van der Waals surface area (Å²) in [5, 5.41) is 8.78. The number of sulfone groups is 1. The number of aromatic nitrogens is 3. The highest BCUT2D eigenvalue weighted by Crippen LogP contribution is 2.35. The predicted octanol–water partition coefficient (Wildman–Crippen LogP) is 4.13. The third kappa shape index (κ3) is 6.19. The number of hydrogen-bond donors (Lipinski definition) is 2. The van der Waals surface area contributed by atoms with E-state index in [1.54, 1.807) is 0 Å². The second kappa shape index (κ2) is 9.66. The molecule has 1 amide bonds. The van der Waals surface area contributed by atoms with Crippen molar-refractivity contribution in [3.8, 4) is 11.8 Å². The lowest BCUT2D eigenvalue weighted by atomic mass is 10.1. The van der Waals surface area contributed by atoms with Crippen molar-refractivity contribution in [3.63, 3.8) is 0 Å². The zero-order valence-corrected chi connectivity index (χ0v) is 21.2. The highest BCUT2D eigenvalue weighted by molar-refractivity contribution is 7.91. The number of aryl methyl sites for hydroxylation is 1. The monoisotopic (exact) mass is 561 g/mol. The Balaban J connectivity index is 2.12. The van der Waals surface area contributed by atoms with Crippen molar-refractivity contribution < 1.29 is 39.7 Å². The molecule has 37 heavy (non-hydrogen) atoms. The first kappa shape index (κ1) is 27.9. The van der Waals surface area contributed by atoms with E-state index < -0.39 is 71.1 Å². The molecule has 0 fully saturated rings. The predicted molar refractivity (Wildman–Crippen MR) is 123 cm³/mol. The highest BCUT2D eigenvalue weighted by atomic mass is 32.2. The number of amides is 1. The SMILES string of the molecule is Cc1cc(S(C)(=O)=O)c(F)nc1Oc1nnc(C(F)(F)F)c(C)c1C(=O)Nc1cccc(S(C)(=N)=O)c1. The van der Waals surface area contributed by atoms with Crippen molar-refractivity contribution in [2.45, 2.75) is 29.8 Å². The molecule has 0 spiro atoms. The summed E-state index contributed by atoms with van der Waals surface area (Å²) in [4.78, 5) is 15.9. The van der Waals surface area contributed by atoms with Gasteiger partial charge in [-0.2, -0.15) is 22.5 Å². The van der Waals surface area contributed by atoms with Gasteiger partial charge < -0.3 is 10.1 Å². The van der Waals surface area contributed by atoms with E-state index in [4.69, 9.17) is 9.52 Å².